The average molecular weight is 336 g/mol. The van der Waals surface area contributed by atoms with Crippen LogP contribution in [0.15, 0.2) is 22.8 Å². The van der Waals surface area contributed by atoms with Crippen LogP contribution in [-0.2, 0) is 10.3 Å². The van der Waals surface area contributed by atoms with Crippen LogP contribution in [0.1, 0.15) is 57.6 Å². The van der Waals surface area contributed by atoms with Crippen molar-refractivity contribution in [1.29, 1.82) is 0 Å². The van der Waals surface area contributed by atoms with E-state index >= 15 is 0 Å². The first kappa shape index (κ1) is 17.3. The predicted octanol–water partition coefficient (Wildman–Crippen LogP) is 2.67. The van der Waals surface area contributed by atoms with Crippen molar-refractivity contribution in [3.05, 3.63) is 24.2 Å². The van der Waals surface area contributed by atoms with Gasteiger partial charge in [0.1, 0.15) is 11.4 Å². The maximum atomic E-state index is 12.2. The summed E-state index contributed by atoms with van der Waals surface area (Å²) in [5, 5.41) is 16.2. The monoisotopic (exact) mass is 336 g/mol. The molecule has 3 N–H and O–H groups in total. The molecule has 1 aromatic heterocycles. The lowest BCUT2D eigenvalue weighted by atomic mass is 9.78. The van der Waals surface area contributed by atoms with Crippen molar-refractivity contribution in [3.63, 3.8) is 0 Å². The molecule has 0 bridgehead atoms. The quantitative estimate of drug-likeness (QED) is 0.789. The van der Waals surface area contributed by atoms with E-state index in [0.717, 1.165) is 25.7 Å². The van der Waals surface area contributed by atoms with Crippen molar-refractivity contribution in [1.82, 2.24) is 10.6 Å². The lowest BCUT2D eigenvalue weighted by Crippen LogP contribution is -2.52. The number of urea groups is 1. The zero-order chi connectivity index (χ0) is 17.0. The number of hydrogen-bond donors (Lipinski definition) is 3. The molecule has 2 amide bonds. The Hall–Kier alpha value is -1.53. The third kappa shape index (κ3) is 4.11. The van der Waals surface area contributed by atoms with Gasteiger partial charge in [-0.05, 0) is 44.7 Å². The summed E-state index contributed by atoms with van der Waals surface area (Å²) in [5.74, 6) is 0.440. The number of aliphatic hydroxyl groups is 1. The minimum atomic E-state index is -1.22. The Kier molecular flexibility index (Phi) is 5.15. The highest BCUT2D eigenvalue weighted by Gasteiger charge is 2.39. The molecule has 1 aromatic rings. The van der Waals surface area contributed by atoms with E-state index in [-0.39, 0.29) is 24.2 Å². The molecule has 3 rings (SSSR count). The van der Waals surface area contributed by atoms with Gasteiger partial charge in [-0.15, -0.1) is 0 Å². The first-order valence-corrected chi connectivity index (χ1v) is 8.94. The summed E-state index contributed by atoms with van der Waals surface area (Å²) in [6, 6.07) is 3.30. The van der Waals surface area contributed by atoms with Gasteiger partial charge in [0.2, 0.25) is 0 Å². The summed E-state index contributed by atoms with van der Waals surface area (Å²) >= 11 is 0. The Morgan fingerprint density at radius 3 is 2.92 bits per heavy atom. The Labute approximate surface area is 142 Å². The van der Waals surface area contributed by atoms with Crippen LogP contribution in [0.5, 0.6) is 0 Å². The number of carbonyl (C=O) groups is 1. The van der Waals surface area contributed by atoms with E-state index in [4.69, 9.17) is 9.15 Å². The Bertz CT molecular complexity index is 530. The normalized spacial score (nSPS) is 25.8. The fourth-order valence-corrected chi connectivity index (χ4v) is 3.86. The summed E-state index contributed by atoms with van der Waals surface area (Å²) in [4.78, 5) is 12.2. The maximum Gasteiger partial charge on any atom is 0.315 e. The third-order valence-corrected chi connectivity index (χ3v) is 5.24. The van der Waals surface area contributed by atoms with E-state index in [1.165, 1.54) is 25.5 Å². The minimum absolute atomic E-state index is 0.0336. The molecule has 2 atom stereocenters. The molecule has 1 saturated heterocycles. The maximum absolute atomic E-state index is 12.2. The van der Waals surface area contributed by atoms with Gasteiger partial charge in [0.15, 0.2) is 0 Å². The molecule has 0 unspecified atom stereocenters. The van der Waals surface area contributed by atoms with E-state index < -0.39 is 5.60 Å². The van der Waals surface area contributed by atoms with Gasteiger partial charge in [-0.1, -0.05) is 19.3 Å². The number of ether oxygens (including phenoxy) is 1. The van der Waals surface area contributed by atoms with Gasteiger partial charge in [-0.25, -0.2) is 4.79 Å². The van der Waals surface area contributed by atoms with E-state index in [9.17, 15) is 9.90 Å². The number of furan rings is 1. The summed E-state index contributed by atoms with van der Waals surface area (Å²) in [6.45, 7) is 2.42. The van der Waals surface area contributed by atoms with Crippen molar-refractivity contribution in [3.8, 4) is 0 Å². The van der Waals surface area contributed by atoms with Crippen molar-refractivity contribution >= 4 is 6.03 Å². The van der Waals surface area contributed by atoms with Crippen molar-refractivity contribution in [2.24, 2.45) is 0 Å². The molecule has 6 heteroatoms. The number of carbonyl (C=O) groups excluding carboxylic acids is 1. The summed E-state index contributed by atoms with van der Waals surface area (Å²) in [6.07, 6.45) is 9.13. The Morgan fingerprint density at radius 2 is 2.21 bits per heavy atom. The second-order valence-corrected chi connectivity index (χ2v) is 7.36. The number of amides is 2. The van der Waals surface area contributed by atoms with E-state index in [1.54, 1.807) is 19.1 Å². The first-order valence-electron chi connectivity index (χ1n) is 8.94. The fraction of sp³-hybridized carbons (Fsp3) is 0.722. The van der Waals surface area contributed by atoms with E-state index in [2.05, 4.69) is 10.6 Å². The SMILES string of the molecule is C[C@@](O)(CNC(=O)N[C@@H]1CCOC2(CCCCC2)C1)c1ccco1. The van der Waals surface area contributed by atoms with E-state index in [0.29, 0.717) is 12.4 Å². The molecule has 0 aromatic carbocycles. The molecule has 1 saturated carbocycles. The summed E-state index contributed by atoms with van der Waals surface area (Å²) in [7, 11) is 0. The van der Waals surface area contributed by atoms with Gasteiger partial charge in [0.25, 0.3) is 0 Å². The van der Waals surface area contributed by atoms with Gasteiger partial charge >= 0.3 is 6.03 Å². The van der Waals surface area contributed by atoms with Crippen molar-refractivity contribution < 1.29 is 19.1 Å². The molecule has 6 nitrogen and oxygen atoms in total. The van der Waals surface area contributed by atoms with Crippen LogP contribution in [0, 0.1) is 0 Å². The van der Waals surface area contributed by atoms with Crippen LogP contribution in [0.3, 0.4) is 0 Å². The van der Waals surface area contributed by atoms with Crippen LogP contribution < -0.4 is 10.6 Å². The van der Waals surface area contributed by atoms with Crippen LogP contribution in [0.4, 0.5) is 4.79 Å². The molecule has 134 valence electrons. The lowest BCUT2D eigenvalue weighted by Gasteiger charge is -2.43. The molecule has 0 radical (unpaired) electrons. The highest BCUT2D eigenvalue weighted by molar-refractivity contribution is 5.74. The van der Waals surface area contributed by atoms with Gasteiger partial charge in [0, 0.05) is 12.6 Å². The third-order valence-electron chi connectivity index (χ3n) is 5.24. The van der Waals surface area contributed by atoms with Crippen LogP contribution in [-0.4, -0.2) is 35.9 Å². The Balaban J connectivity index is 1.48. The largest absolute Gasteiger partial charge is 0.466 e. The van der Waals surface area contributed by atoms with Crippen LogP contribution in [0.2, 0.25) is 0 Å². The van der Waals surface area contributed by atoms with Gasteiger partial charge in [0.05, 0.1) is 18.4 Å². The first-order chi connectivity index (χ1) is 11.5. The fourth-order valence-electron chi connectivity index (χ4n) is 3.86. The molecule has 1 aliphatic carbocycles. The molecule has 2 heterocycles. The lowest BCUT2D eigenvalue weighted by molar-refractivity contribution is -0.107. The van der Waals surface area contributed by atoms with Crippen molar-refractivity contribution in [2.75, 3.05) is 13.2 Å². The number of rotatable bonds is 4. The van der Waals surface area contributed by atoms with Crippen molar-refractivity contribution in [2.45, 2.75) is 69.1 Å². The highest BCUT2D eigenvalue weighted by Crippen LogP contribution is 2.38. The zero-order valence-corrected chi connectivity index (χ0v) is 14.3. The summed E-state index contributed by atoms with van der Waals surface area (Å²) in [5.41, 5.74) is -1.25. The second kappa shape index (κ2) is 7.15. The number of nitrogens with one attached hydrogen (secondary N) is 2. The van der Waals surface area contributed by atoms with Gasteiger partial charge < -0.3 is 24.9 Å². The molecular weight excluding hydrogens is 308 g/mol. The van der Waals surface area contributed by atoms with Crippen LogP contribution in [0.25, 0.3) is 0 Å². The molecule has 2 fully saturated rings. The second-order valence-electron chi connectivity index (χ2n) is 7.36. The zero-order valence-electron chi connectivity index (χ0n) is 14.3. The minimum Gasteiger partial charge on any atom is -0.466 e. The predicted molar refractivity (Wildman–Crippen MR) is 89.6 cm³/mol. The summed E-state index contributed by atoms with van der Waals surface area (Å²) < 4.78 is 11.3. The van der Waals surface area contributed by atoms with E-state index in [1.807, 2.05) is 0 Å². The van der Waals surface area contributed by atoms with Gasteiger partial charge in [-0.3, -0.25) is 0 Å². The smallest absolute Gasteiger partial charge is 0.315 e. The Morgan fingerprint density at radius 1 is 1.42 bits per heavy atom. The highest BCUT2D eigenvalue weighted by atomic mass is 16.5. The van der Waals surface area contributed by atoms with Crippen LogP contribution >= 0.6 is 0 Å². The molecule has 24 heavy (non-hydrogen) atoms. The number of hydrogen-bond acceptors (Lipinski definition) is 4. The average Bonchev–Trinajstić information content (AvgIpc) is 3.09. The molecule has 1 spiro atoms. The topological polar surface area (TPSA) is 83.7 Å². The molecular formula is C18H28N2O4. The standard InChI is InChI=1S/C18H28N2O4/c1-17(22,15-6-5-10-23-15)13-19-16(21)20-14-7-11-24-18(12-14)8-3-2-4-9-18/h5-6,10,14,22H,2-4,7-9,11-13H2,1H3,(H2,19,20,21)/t14-,17-/m1/s1. The molecule has 2 aliphatic rings. The van der Waals surface area contributed by atoms with Gasteiger partial charge in [-0.2, -0.15) is 0 Å². The molecule has 1 aliphatic heterocycles.